The van der Waals surface area contributed by atoms with Gasteiger partial charge in [0, 0.05) is 0 Å². The molecule has 6 nitrogen and oxygen atoms in total. The van der Waals surface area contributed by atoms with E-state index in [-0.39, 0.29) is 0 Å². The fourth-order valence-corrected chi connectivity index (χ4v) is 0.778. The summed E-state index contributed by atoms with van der Waals surface area (Å²) in [6, 6.07) is 8.26. The van der Waals surface area contributed by atoms with Crippen molar-refractivity contribution in [2.24, 2.45) is 0 Å². The van der Waals surface area contributed by atoms with Gasteiger partial charge in [0.25, 0.3) is 0 Å². The Morgan fingerprint density at radius 2 is 1.41 bits per heavy atom. The summed E-state index contributed by atoms with van der Waals surface area (Å²) < 4.78 is 0. The van der Waals surface area contributed by atoms with E-state index in [0.717, 1.165) is 0 Å². The maximum Gasteiger partial charge on any atom is 0.337 e. The van der Waals surface area contributed by atoms with Gasteiger partial charge >= 0.3 is 11.9 Å². The number of hydrogen-bond donors (Lipinski definition) is 4. The molecule has 0 heterocycles. The van der Waals surface area contributed by atoms with E-state index in [2.05, 4.69) is 0 Å². The second-order valence-corrected chi connectivity index (χ2v) is 3.17. The Kier molecular flexibility index (Phi) is 6.54. The molecule has 0 amide bonds. The van der Waals surface area contributed by atoms with Crippen LogP contribution < -0.4 is 0 Å². The van der Waals surface area contributed by atoms with Gasteiger partial charge in [-0.1, -0.05) is 30.3 Å². The molecule has 0 aliphatic rings. The quantitative estimate of drug-likeness (QED) is 0.604. The van der Waals surface area contributed by atoms with Crippen molar-refractivity contribution in [3.63, 3.8) is 0 Å². The maximum absolute atomic E-state index is 10.2. The van der Waals surface area contributed by atoms with E-state index in [1.165, 1.54) is 6.92 Å². The van der Waals surface area contributed by atoms with Crippen molar-refractivity contribution in [3.05, 3.63) is 35.9 Å². The highest BCUT2D eigenvalue weighted by Gasteiger charge is 2.14. The average molecular weight is 242 g/mol. The van der Waals surface area contributed by atoms with Crippen molar-refractivity contribution >= 4 is 11.9 Å². The second kappa shape index (κ2) is 7.37. The van der Waals surface area contributed by atoms with Gasteiger partial charge < -0.3 is 20.4 Å². The minimum atomic E-state index is -1.41. The minimum Gasteiger partial charge on any atom is -0.479 e. The SMILES string of the molecule is C[C@H](O)C(=O)O.O=C(O)[C@@H](O)c1ccccc1. The normalized spacial score (nSPS) is 12.9. The molecular formula is C11H14O6. The molecule has 1 rings (SSSR count). The van der Waals surface area contributed by atoms with Crippen molar-refractivity contribution in [1.29, 1.82) is 0 Å². The van der Waals surface area contributed by atoms with E-state index in [1.807, 2.05) is 0 Å². The number of aliphatic hydroxyl groups is 2. The van der Waals surface area contributed by atoms with Gasteiger partial charge in [0.2, 0.25) is 0 Å². The molecule has 0 bridgehead atoms. The lowest BCUT2D eigenvalue weighted by Crippen LogP contribution is -2.13. The molecule has 0 aliphatic heterocycles. The number of rotatable bonds is 3. The topological polar surface area (TPSA) is 115 Å². The highest BCUT2D eigenvalue weighted by molar-refractivity contribution is 5.73. The van der Waals surface area contributed by atoms with Gasteiger partial charge in [-0.05, 0) is 12.5 Å². The molecule has 94 valence electrons. The molecule has 0 saturated carbocycles. The summed E-state index contributed by atoms with van der Waals surface area (Å²) in [4.78, 5) is 19.7. The van der Waals surface area contributed by atoms with E-state index < -0.39 is 24.1 Å². The summed E-state index contributed by atoms with van der Waals surface area (Å²) in [5.74, 6) is -2.41. The largest absolute Gasteiger partial charge is 0.479 e. The summed E-state index contributed by atoms with van der Waals surface area (Å²) >= 11 is 0. The molecule has 0 aromatic heterocycles. The Balaban J connectivity index is 0.000000366. The lowest BCUT2D eigenvalue weighted by molar-refractivity contribution is -0.147. The number of aliphatic hydroxyl groups excluding tert-OH is 2. The zero-order valence-electron chi connectivity index (χ0n) is 9.15. The Labute approximate surface area is 97.8 Å². The fraction of sp³-hybridized carbons (Fsp3) is 0.273. The van der Waals surface area contributed by atoms with Crippen LogP contribution in [0.1, 0.15) is 18.6 Å². The molecule has 0 spiro atoms. The van der Waals surface area contributed by atoms with Crippen LogP contribution in [-0.4, -0.2) is 38.5 Å². The summed E-state index contributed by atoms with van der Waals surface area (Å²) in [6.45, 7) is 1.20. The van der Waals surface area contributed by atoms with Crippen molar-refractivity contribution < 1.29 is 30.0 Å². The third-order valence-corrected chi connectivity index (χ3v) is 1.71. The van der Waals surface area contributed by atoms with Crippen molar-refractivity contribution in [2.45, 2.75) is 19.1 Å². The molecule has 1 aromatic rings. The zero-order valence-corrected chi connectivity index (χ0v) is 9.15. The Bertz CT molecular complexity index is 359. The molecular weight excluding hydrogens is 228 g/mol. The van der Waals surface area contributed by atoms with E-state index in [9.17, 15) is 9.59 Å². The molecule has 2 atom stereocenters. The molecule has 0 aliphatic carbocycles. The first kappa shape index (κ1) is 15.1. The zero-order chi connectivity index (χ0) is 13.4. The first-order valence-corrected chi connectivity index (χ1v) is 4.73. The molecule has 0 radical (unpaired) electrons. The average Bonchev–Trinajstić information content (AvgIpc) is 2.29. The summed E-state index contributed by atoms with van der Waals surface area (Å²) in [5.41, 5.74) is 0.403. The van der Waals surface area contributed by atoms with Crippen LogP contribution in [0.15, 0.2) is 30.3 Å². The monoisotopic (exact) mass is 242 g/mol. The lowest BCUT2D eigenvalue weighted by Gasteiger charge is -2.03. The Hall–Kier alpha value is -1.92. The maximum atomic E-state index is 10.2. The van der Waals surface area contributed by atoms with Crippen LogP contribution in [0, 0.1) is 0 Å². The highest BCUT2D eigenvalue weighted by Crippen LogP contribution is 2.10. The smallest absolute Gasteiger partial charge is 0.337 e. The number of carboxylic acid groups (broad SMARTS) is 2. The van der Waals surface area contributed by atoms with Crippen LogP contribution in [0.25, 0.3) is 0 Å². The van der Waals surface area contributed by atoms with Gasteiger partial charge in [0.05, 0.1) is 0 Å². The Morgan fingerprint density at radius 1 is 1.00 bits per heavy atom. The predicted molar refractivity (Wildman–Crippen MR) is 58.4 cm³/mol. The van der Waals surface area contributed by atoms with Crippen LogP contribution in [0.3, 0.4) is 0 Å². The molecule has 0 unspecified atom stereocenters. The third-order valence-electron chi connectivity index (χ3n) is 1.71. The number of carboxylic acids is 2. The molecule has 1 aromatic carbocycles. The number of aliphatic carboxylic acids is 2. The lowest BCUT2D eigenvalue weighted by atomic mass is 10.1. The van der Waals surface area contributed by atoms with Crippen LogP contribution >= 0.6 is 0 Å². The van der Waals surface area contributed by atoms with E-state index in [0.29, 0.717) is 5.56 Å². The van der Waals surface area contributed by atoms with Gasteiger partial charge in [0.15, 0.2) is 6.10 Å². The number of carbonyl (C=O) groups is 2. The van der Waals surface area contributed by atoms with E-state index >= 15 is 0 Å². The molecule has 6 heteroatoms. The summed E-state index contributed by atoms with van der Waals surface area (Å²) in [5, 5.41) is 33.2. The van der Waals surface area contributed by atoms with Crippen molar-refractivity contribution in [3.8, 4) is 0 Å². The van der Waals surface area contributed by atoms with Gasteiger partial charge in [-0.3, -0.25) is 0 Å². The van der Waals surface area contributed by atoms with E-state index in [1.54, 1.807) is 30.3 Å². The van der Waals surface area contributed by atoms with E-state index in [4.69, 9.17) is 20.4 Å². The first-order chi connectivity index (χ1) is 7.86. The predicted octanol–water partition coefficient (Wildman–Crippen LogP) is 0.256. The van der Waals surface area contributed by atoms with Crippen LogP contribution in [0.5, 0.6) is 0 Å². The molecule has 4 N–H and O–H groups in total. The van der Waals surface area contributed by atoms with Crippen LogP contribution in [0.2, 0.25) is 0 Å². The van der Waals surface area contributed by atoms with Crippen molar-refractivity contribution in [1.82, 2.24) is 0 Å². The van der Waals surface area contributed by atoms with Crippen molar-refractivity contribution in [2.75, 3.05) is 0 Å². The fourth-order valence-electron chi connectivity index (χ4n) is 0.778. The third kappa shape index (κ3) is 6.29. The first-order valence-electron chi connectivity index (χ1n) is 4.73. The summed E-state index contributed by atoms with van der Waals surface area (Å²) in [6.07, 6.45) is -2.64. The van der Waals surface area contributed by atoms with Gasteiger partial charge in [-0.25, -0.2) is 9.59 Å². The number of benzene rings is 1. The molecule has 0 fully saturated rings. The number of hydrogen-bond acceptors (Lipinski definition) is 4. The Morgan fingerprint density at radius 3 is 1.71 bits per heavy atom. The molecule has 17 heavy (non-hydrogen) atoms. The van der Waals surface area contributed by atoms with Crippen LogP contribution in [0.4, 0.5) is 0 Å². The van der Waals surface area contributed by atoms with Gasteiger partial charge in [-0.2, -0.15) is 0 Å². The molecule has 0 saturated heterocycles. The highest BCUT2D eigenvalue weighted by atomic mass is 16.4. The van der Waals surface area contributed by atoms with Gasteiger partial charge in [0.1, 0.15) is 6.10 Å². The minimum absolute atomic E-state index is 0.403. The summed E-state index contributed by atoms with van der Waals surface area (Å²) in [7, 11) is 0. The second-order valence-electron chi connectivity index (χ2n) is 3.17. The van der Waals surface area contributed by atoms with Crippen LogP contribution in [-0.2, 0) is 9.59 Å². The standard InChI is InChI=1S/C8H8O3.C3H6O3/c9-7(8(10)11)6-4-2-1-3-5-6;1-2(4)3(5)6/h1-5,7,9H,(H,10,11);2,4H,1H3,(H,5,6)/t7-;2-/m00/s1. The van der Waals surface area contributed by atoms with Gasteiger partial charge in [-0.15, -0.1) is 0 Å².